The summed E-state index contributed by atoms with van der Waals surface area (Å²) in [6.45, 7) is 0.234. The summed E-state index contributed by atoms with van der Waals surface area (Å²) in [6.07, 6.45) is 6.85. The molecule has 1 heterocycles. The molecule has 36 heavy (non-hydrogen) atoms. The van der Waals surface area contributed by atoms with Gasteiger partial charge >= 0.3 is 0 Å². The number of nitrogens with zero attached hydrogens (tertiary/aromatic N) is 3. The van der Waals surface area contributed by atoms with Crippen LogP contribution in [0.3, 0.4) is 0 Å². The van der Waals surface area contributed by atoms with Gasteiger partial charge in [-0.3, -0.25) is 14.2 Å². The molecule has 1 N–H and O–H groups in total. The largest absolute Gasteiger partial charge is 0.348 e. The van der Waals surface area contributed by atoms with Crippen molar-refractivity contribution in [2.24, 2.45) is 23.2 Å². The van der Waals surface area contributed by atoms with Crippen LogP contribution in [0.5, 0.6) is 0 Å². The van der Waals surface area contributed by atoms with Crippen molar-refractivity contribution >= 4 is 23.5 Å². The van der Waals surface area contributed by atoms with Crippen LogP contribution >= 0.6 is 11.8 Å². The fraction of sp³-hybridized carbons (Fsp3) is 0.429. The molecular formula is C28H29FN4O2S. The van der Waals surface area contributed by atoms with E-state index in [1.54, 1.807) is 24.3 Å². The summed E-state index contributed by atoms with van der Waals surface area (Å²) in [7, 11) is 0. The molecular weight excluding hydrogens is 475 g/mol. The van der Waals surface area contributed by atoms with E-state index in [1.807, 2.05) is 22.8 Å². The van der Waals surface area contributed by atoms with Gasteiger partial charge in [-0.2, -0.15) is 0 Å². The monoisotopic (exact) mass is 504 g/mol. The fourth-order valence-corrected chi connectivity index (χ4v) is 7.80. The van der Waals surface area contributed by atoms with Crippen molar-refractivity contribution in [3.8, 4) is 5.69 Å². The van der Waals surface area contributed by atoms with Gasteiger partial charge in [-0.25, -0.2) is 4.39 Å². The van der Waals surface area contributed by atoms with Crippen molar-refractivity contribution < 1.29 is 14.0 Å². The summed E-state index contributed by atoms with van der Waals surface area (Å²) < 4.78 is 15.4. The molecule has 0 radical (unpaired) electrons. The van der Waals surface area contributed by atoms with E-state index in [0.717, 1.165) is 19.3 Å². The minimum atomic E-state index is -0.336. The zero-order valence-electron chi connectivity index (χ0n) is 20.0. The van der Waals surface area contributed by atoms with Crippen molar-refractivity contribution in [3.05, 3.63) is 71.8 Å². The highest BCUT2D eigenvalue weighted by Gasteiger charge is 2.54. The van der Waals surface area contributed by atoms with E-state index in [9.17, 15) is 14.0 Å². The van der Waals surface area contributed by atoms with Gasteiger partial charge in [-0.15, -0.1) is 10.2 Å². The molecule has 4 bridgehead atoms. The van der Waals surface area contributed by atoms with Crippen LogP contribution < -0.4 is 5.32 Å². The van der Waals surface area contributed by atoms with Gasteiger partial charge in [-0.05, 0) is 80.5 Å². The van der Waals surface area contributed by atoms with Crippen LogP contribution in [0.4, 0.5) is 4.39 Å². The van der Waals surface area contributed by atoms with E-state index in [2.05, 4.69) is 15.5 Å². The predicted molar refractivity (Wildman–Crippen MR) is 135 cm³/mol. The van der Waals surface area contributed by atoms with E-state index < -0.39 is 0 Å². The first kappa shape index (κ1) is 23.4. The number of aromatic nitrogens is 3. The molecule has 4 aliphatic carbocycles. The van der Waals surface area contributed by atoms with Gasteiger partial charge in [0.25, 0.3) is 0 Å². The molecule has 0 aliphatic heterocycles. The van der Waals surface area contributed by atoms with Crippen LogP contribution in [0, 0.1) is 29.0 Å². The summed E-state index contributed by atoms with van der Waals surface area (Å²) in [5.41, 5.74) is 1.09. The third-order valence-electron chi connectivity index (χ3n) is 8.14. The highest BCUT2D eigenvalue weighted by atomic mass is 32.2. The topological polar surface area (TPSA) is 76.9 Å². The highest BCUT2D eigenvalue weighted by molar-refractivity contribution is 7.99. The van der Waals surface area contributed by atoms with Gasteiger partial charge in [0.2, 0.25) is 5.91 Å². The highest BCUT2D eigenvalue weighted by Crippen LogP contribution is 2.60. The van der Waals surface area contributed by atoms with Crippen LogP contribution in [-0.2, 0) is 11.3 Å². The summed E-state index contributed by atoms with van der Waals surface area (Å²) in [4.78, 5) is 26.1. The van der Waals surface area contributed by atoms with E-state index in [4.69, 9.17) is 0 Å². The number of hydrogen-bond donors (Lipinski definition) is 1. The van der Waals surface area contributed by atoms with Gasteiger partial charge in [0, 0.05) is 16.7 Å². The van der Waals surface area contributed by atoms with Crippen molar-refractivity contribution in [1.29, 1.82) is 0 Å². The average Bonchev–Trinajstić information content (AvgIpc) is 3.28. The number of nitrogens with one attached hydrogen (secondary N) is 1. The lowest BCUT2D eigenvalue weighted by Gasteiger charge is -2.55. The number of hydrogen-bond acceptors (Lipinski definition) is 5. The number of ketones is 1. The number of amides is 1. The molecule has 6 nitrogen and oxygen atoms in total. The lowest BCUT2D eigenvalue weighted by atomic mass is 9.49. The second-order valence-electron chi connectivity index (χ2n) is 10.7. The number of carbonyl (C=O) groups is 2. The zero-order valence-corrected chi connectivity index (χ0v) is 20.8. The van der Waals surface area contributed by atoms with Crippen LogP contribution in [0.2, 0.25) is 0 Å². The number of benzene rings is 2. The fourth-order valence-electron chi connectivity index (χ4n) is 6.93. The molecule has 4 fully saturated rings. The Morgan fingerprint density at radius 3 is 2.22 bits per heavy atom. The van der Waals surface area contributed by atoms with Gasteiger partial charge < -0.3 is 5.32 Å². The minimum absolute atomic E-state index is 0.00840. The first-order valence-corrected chi connectivity index (χ1v) is 13.7. The molecule has 1 amide bonds. The molecule has 4 saturated carbocycles. The van der Waals surface area contributed by atoms with Crippen LogP contribution in [0.25, 0.3) is 5.69 Å². The zero-order chi connectivity index (χ0) is 24.7. The van der Waals surface area contributed by atoms with E-state index in [0.29, 0.717) is 40.0 Å². The van der Waals surface area contributed by atoms with Crippen molar-refractivity contribution in [1.82, 2.24) is 20.1 Å². The van der Waals surface area contributed by atoms with Gasteiger partial charge in [-0.1, -0.05) is 42.1 Å². The molecule has 8 heteroatoms. The van der Waals surface area contributed by atoms with Crippen LogP contribution in [0.15, 0.2) is 59.8 Å². The predicted octanol–water partition coefficient (Wildman–Crippen LogP) is 5.21. The number of carbonyl (C=O) groups excluding carboxylic acids is 2. The molecule has 1 aromatic heterocycles. The van der Waals surface area contributed by atoms with Crippen molar-refractivity contribution in [2.45, 2.75) is 50.2 Å². The molecule has 0 unspecified atom stereocenters. The summed E-state index contributed by atoms with van der Waals surface area (Å²) in [5, 5.41) is 12.4. The van der Waals surface area contributed by atoms with Crippen molar-refractivity contribution in [3.63, 3.8) is 0 Å². The Kier molecular flexibility index (Phi) is 6.15. The second kappa shape index (κ2) is 9.47. The Balaban J connectivity index is 1.21. The first-order valence-electron chi connectivity index (χ1n) is 12.7. The van der Waals surface area contributed by atoms with E-state index in [-0.39, 0.29) is 35.2 Å². The number of Topliss-reactive ketones (excluding diaryl/α,β-unsaturated/α-hetero) is 1. The maximum Gasteiger partial charge on any atom is 0.226 e. The second-order valence-corrected chi connectivity index (χ2v) is 11.6. The normalized spacial score (nSPS) is 26.2. The Hall–Kier alpha value is -3.00. The van der Waals surface area contributed by atoms with Crippen LogP contribution in [0.1, 0.15) is 54.7 Å². The summed E-state index contributed by atoms with van der Waals surface area (Å²) in [5.74, 6) is 2.61. The molecule has 2 aromatic carbocycles. The third kappa shape index (κ3) is 4.47. The summed E-state index contributed by atoms with van der Waals surface area (Å²) >= 11 is 1.28. The molecule has 7 rings (SSSR count). The average molecular weight is 505 g/mol. The van der Waals surface area contributed by atoms with E-state index in [1.165, 1.54) is 43.2 Å². The van der Waals surface area contributed by atoms with Gasteiger partial charge in [0.15, 0.2) is 16.8 Å². The smallest absolute Gasteiger partial charge is 0.226 e. The maximum absolute atomic E-state index is 13.6. The number of rotatable bonds is 8. The standard InChI is InChI=1S/C28H29FN4O2S/c29-22-6-8-23(9-7-22)33-25(31-32-27(33)36-17-24(34)21-4-2-1-3-5-21)16-30-26(35)28-13-18-10-19(14-28)12-20(11-18)15-28/h1-9,18-20H,10-17H2,(H,30,35). The molecule has 0 spiro atoms. The molecule has 4 aliphatic rings. The Morgan fingerprint density at radius 1 is 0.944 bits per heavy atom. The number of halogens is 1. The Morgan fingerprint density at radius 2 is 1.58 bits per heavy atom. The molecule has 0 saturated heterocycles. The van der Waals surface area contributed by atoms with E-state index >= 15 is 0 Å². The Bertz CT molecular complexity index is 1240. The third-order valence-corrected chi connectivity index (χ3v) is 9.07. The summed E-state index contributed by atoms with van der Waals surface area (Å²) in [6, 6.07) is 15.2. The molecule has 3 aromatic rings. The maximum atomic E-state index is 13.6. The lowest BCUT2D eigenvalue weighted by molar-refractivity contribution is -0.146. The quantitative estimate of drug-likeness (QED) is 0.336. The first-order chi connectivity index (χ1) is 17.5. The van der Waals surface area contributed by atoms with Crippen molar-refractivity contribution in [2.75, 3.05) is 5.75 Å². The van der Waals surface area contributed by atoms with Crippen LogP contribution in [-0.4, -0.2) is 32.2 Å². The Labute approximate surface area is 214 Å². The SMILES string of the molecule is O=C(CSc1nnc(CNC(=O)C23CC4CC(CC(C4)C2)C3)n1-c1ccc(F)cc1)c1ccccc1. The number of thioether (sulfide) groups is 1. The molecule has 0 atom stereocenters. The van der Waals surface area contributed by atoms with Gasteiger partial charge in [0.05, 0.1) is 12.3 Å². The minimum Gasteiger partial charge on any atom is -0.348 e. The lowest BCUT2D eigenvalue weighted by Crippen LogP contribution is -2.53. The molecule has 186 valence electrons. The van der Waals surface area contributed by atoms with Gasteiger partial charge in [0.1, 0.15) is 5.82 Å².